The van der Waals surface area contributed by atoms with Crippen LogP contribution in [0, 0.1) is 6.92 Å². The Labute approximate surface area is 119 Å². The molecule has 0 bridgehead atoms. The first kappa shape index (κ1) is 16.6. The number of carbonyl (C=O) groups is 1. The number of carbonyl (C=O) groups excluding carboxylic acids is 1. The van der Waals surface area contributed by atoms with Crippen molar-refractivity contribution in [2.45, 2.75) is 44.2 Å². The summed E-state index contributed by atoms with van der Waals surface area (Å²) in [6, 6.07) is 4.74. The lowest BCUT2D eigenvalue weighted by atomic mass is 10.0. The smallest absolute Gasteiger partial charge is 0.241 e. The second-order valence-electron chi connectivity index (χ2n) is 5.42. The first-order chi connectivity index (χ1) is 9.07. The number of primary amides is 1. The number of amides is 1. The molecule has 0 aliphatic rings. The Balaban J connectivity index is 3.05. The van der Waals surface area contributed by atoms with Gasteiger partial charge in [0.05, 0.1) is 4.90 Å². The number of rotatable bonds is 6. The zero-order chi connectivity index (χ0) is 15.6. The molecule has 0 atom stereocenters. The molecule has 1 amide bonds. The van der Waals surface area contributed by atoms with Crippen LogP contribution in [-0.4, -0.2) is 19.9 Å². The monoisotopic (exact) mass is 299 g/mol. The van der Waals surface area contributed by atoms with Gasteiger partial charge in [0.25, 0.3) is 0 Å². The highest BCUT2D eigenvalue weighted by Gasteiger charge is 2.28. The SMILES string of the molecule is Cc1cc(S(=O)(=O)NC(C)(C)CC(N)=O)ccc1CN. The molecule has 0 saturated carbocycles. The maximum absolute atomic E-state index is 12.3. The van der Waals surface area contributed by atoms with Gasteiger partial charge in [0.15, 0.2) is 0 Å². The van der Waals surface area contributed by atoms with Crippen LogP contribution in [0.1, 0.15) is 31.4 Å². The Bertz CT molecular complexity index is 609. The largest absolute Gasteiger partial charge is 0.370 e. The average Bonchev–Trinajstić information content (AvgIpc) is 2.25. The van der Waals surface area contributed by atoms with E-state index in [1.807, 2.05) is 0 Å². The van der Waals surface area contributed by atoms with Gasteiger partial charge in [-0.1, -0.05) is 6.07 Å². The minimum absolute atomic E-state index is 0.0773. The van der Waals surface area contributed by atoms with Crippen molar-refractivity contribution in [2.24, 2.45) is 11.5 Å². The molecule has 0 aliphatic carbocycles. The molecule has 0 aliphatic heterocycles. The molecule has 1 rings (SSSR count). The molecule has 1 aromatic rings. The van der Waals surface area contributed by atoms with Crippen molar-refractivity contribution in [3.05, 3.63) is 29.3 Å². The fourth-order valence-electron chi connectivity index (χ4n) is 1.96. The third kappa shape index (κ3) is 4.29. The molecule has 6 nitrogen and oxygen atoms in total. The maximum atomic E-state index is 12.3. The Morgan fingerprint density at radius 1 is 1.35 bits per heavy atom. The summed E-state index contributed by atoms with van der Waals surface area (Å²) in [6.45, 7) is 5.37. The van der Waals surface area contributed by atoms with Crippen molar-refractivity contribution >= 4 is 15.9 Å². The quantitative estimate of drug-likeness (QED) is 0.704. The van der Waals surface area contributed by atoms with Gasteiger partial charge in [-0.25, -0.2) is 13.1 Å². The van der Waals surface area contributed by atoms with E-state index >= 15 is 0 Å². The molecule has 7 heteroatoms. The number of benzene rings is 1. The van der Waals surface area contributed by atoms with Crippen LogP contribution < -0.4 is 16.2 Å². The summed E-state index contributed by atoms with van der Waals surface area (Å²) in [6.07, 6.45) is -0.0773. The van der Waals surface area contributed by atoms with Gasteiger partial charge in [0.2, 0.25) is 15.9 Å². The van der Waals surface area contributed by atoms with Gasteiger partial charge < -0.3 is 11.5 Å². The summed E-state index contributed by atoms with van der Waals surface area (Å²) in [5, 5.41) is 0. The van der Waals surface area contributed by atoms with E-state index in [4.69, 9.17) is 11.5 Å². The molecule has 0 heterocycles. The number of sulfonamides is 1. The van der Waals surface area contributed by atoms with Crippen LogP contribution in [0.5, 0.6) is 0 Å². The predicted molar refractivity (Wildman–Crippen MR) is 77.3 cm³/mol. The number of aryl methyl sites for hydroxylation is 1. The van der Waals surface area contributed by atoms with Gasteiger partial charge in [0, 0.05) is 18.5 Å². The highest BCUT2D eigenvalue weighted by molar-refractivity contribution is 7.89. The number of hydrogen-bond acceptors (Lipinski definition) is 4. The van der Waals surface area contributed by atoms with E-state index in [0.717, 1.165) is 11.1 Å². The number of nitrogens with two attached hydrogens (primary N) is 2. The lowest BCUT2D eigenvalue weighted by molar-refractivity contribution is -0.119. The van der Waals surface area contributed by atoms with Gasteiger partial charge in [-0.15, -0.1) is 0 Å². The average molecular weight is 299 g/mol. The van der Waals surface area contributed by atoms with Gasteiger partial charge in [0.1, 0.15) is 0 Å². The molecular weight excluding hydrogens is 278 g/mol. The van der Waals surface area contributed by atoms with E-state index in [-0.39, 0.29) is 11.3 Å². The molecule has 0 fully saturated rings. The normalized spacial score (nSPS) is 12.4. The Hall–Kier alpha value is -1.44. The van der Waals surface area contributed by atoms with E-state index in [1.165, 1.54) is 6.07 Å². The first-order valence-corrected chi connectivity index (χ1v) is 7.67. The molecule has 20 heavy (non-hydrogen) atoms. The maximum Gasteiger partial charge on any atom is 0.241 e. The Kier molecular flexibility index (Phi) is 4.90. The predicted octanol–water partition coefficient (Wildman–Crippen LogP) is 0.386. The fraction of sp³-hybridized carbons (Fsp3) is 0.462. The van der Waals surface area contributed by atoms with Crippen LogP contribution >= 0.6 is 0 Å². The summed E-state index contributed by atoms with van der Waals surface area (Å²) < 4.78 is 27.1. The standard InChI is InChI=1S/C13H21N3O3S/c1-9-6-11(5-4-10(9)8-14)20(18,19)16-13(2,3)7-12(15)17/h4-6,16H,7-8,14H2,1-3H3,(H2,15,17). The second-order valence-corrected chi connectivity index (χ2v) is 7.11. The first-order valence-electron chi connectivity index (χ1n) is 6.19. The molecule has 1 aromatic carbocycles. The zero-order valence-corrected chi connectivity index (χ0v) is 12.8. The van der Waals surface area contributed by atoms with E-state index in [2.05, 4.69) is 4.72 Å². The summed E-state index contributed by atoms with van der Waals surface area (Å²) in [5.74, 6) is -0.563. The lowest BCUT2D eigenvalue weighted by Crippen LogP contribution is -2.45. The van der Waals surface area contributed by atoms with Crippen molar-refractivity contribution < 1.29 is 13.2 Å². The minimum Gasteiger partial charge on any atom is -0.370 e. The van der Waals surface area contributed by atoms with E-state index in [1.54, 1.807) is 32.9 Å². The highest BCUT2D eigenvalue weighted by Crippen LogP contribution is 2.18. The summed E-state index contributed by atoms with van der Waals surface area (Å²) in [7, 11) is -3.71. The van der Waals surface area contributed by atoms with Crippen molar-refractivity contribution in [3.63, 3.8) is 0 Å². The zero-order valence-electron chi connectivity index (χ0n) is 11.9. The Morgan fingerprint density at radius 2 is 1.95 bits per heavy atom. The van der Waals surface area contributed by atoms with Crippen LogP contribution in [0.3, 0.4) is 0 Å². The topological polar surface area (TPSA) is 115 Å². The van der Waals surface area contributed by atoms with E-state index < -0.39 is 21.5 Å². The third-order valence-electron chi connectivity index (χ3n) is 2.87. The van der Waals surface area contributed by atoms with Crippen LogP contribution in [0.25, 0.3) is 0 Å². The Morgan fingerprint density at radius 3 is 2.40 bits per heavy atom. The van der Waals surface area contributed by atoms with Crippen LogP contribution in [0.4, 0.5) is 0 Å². The molecule has 0 aromatic heterocycles. The van der Waals surface area contributed by atoms with Gasteiger partial charge in [-0.05, 0) is 44.0 Å². The summed E-state index contributed by atoms with van der Waals surface area (Å²) in [5.41, 5.74) is 11.4. The van der Waals surface area contributed by atoms with Gasteiger partial charge in [-0.2, -0.15) is 0 Å². The van der Waals surface area contributed by atoms with Crippen molar-refractivity contribution in [1.29, 1.82) is 0 Å². The van der Waals surface area contributed by atoms with Crippen molar-refractivity contribution in [2.75, 3.05) is 0 Å². The van der Waals surface area contributed by atoms with Crippen LogP contribution in [0.15, 0.2) is 23.1 Å². The molecule has 5 N–H and O–H groups in total. The van der Waals surface area contributed by atoms with Crippen LogP contribution in [0.2, 0.25) is 0 Å². The minimum atomic E-state index is -3.71. The lowest BCUT2D eigenvalue weighted by Gasteiger charge is -2.24. The third-order valence-corrected chi connectivity index (χ3v) is 4.57. The fourth-order valence-corrected chi connectivity index (χ4v) is 3.46. The second kappa shape index (κ2) is 5.90. The van der Waals surface area contributed by atoms with Gasteiger partial charge in [-0.3, -0.25) is 4.79 Å². The highest BCUT2D eigenvalue weighted by atomic mass is 32.2. The van der Waals surface area contributed by atoms with Gasteiger partial charge >= 0.3 is 0 Å². The molecule has 112 valence electrons. The molecule has 0 saturated heterocycles. The molecule has 0 radical (unpaired) electrons. The summed E-state index contributed by atoms with van der Waals surface area (Å²) in [4.78, 5) is 11.1. The van der Waals surface area contributed by atoms with E-state index in [0.29, 0.717) is 6.54 Å². The number of hydrogen-bond donors (Lipinski definition) is 3. The number of nitrogens with one attached hydrogen (secondary N) is 1. The molecular formula is C13H21N3O3S. The molecule has 0 spiro atoms. The van der Waals surface area contributed by atoms with Crippen molar-refractivity contribution in [1.82, 2.24) is 4.72 Å². The van der Waals surface area contributed by atoms with E-state index in [9.17, 15) is 13.2 Å². The van der Waals surface area contributed by atoms with Crippen molar-refractivity contribution in [3.8, 4) is 0 Å². The van der Waals surface area contributed by atoms with Crippen LogP contribution in [-0.2, 0) is 21.4 Å². The summed E-state index contributed by atoms with van der Waals surface area (Å²) >= 11 is 0. The molecule has 0 unspecified atom stereocenters.